The minimum Gasteiger partial charge on any atom is -0.486 e. The summed E-state index contributed by atoms with van der Waals surface area (Å²) in [6, 6.07) is 19.5. The third-order valence-electron chi connectivity index (χ3n) is 6.84. The Labute approximate surface area is 234 Å². The molecular formula is C35H44O4. The Morgan fingerprint density at radius 1 is 0.769 bits per heavy atom. The van der Waals surface area contributed by atoms with Gasteiger partial charge >= 0.3 is 5.97 Å². The van der Waals surface area contributed by atoms with Crippen LogP contribution in [-0.2, 0) is 28.9 Å². The molecule has 0 fully saturated rings. The van der Waals surface area contributed by atoms with Crippen molar-refractivity contribution in [3.05, 3.63) is 76.9 Å². The van der Waals surface area contributed by atoms with Gasteiger partial charge in [-0.3, -0.25) is 9.59 Å². The zero-order chi connectivity index (χ0) is 28.7. The van der Waals surface area contributed by atoms with E-state index in [9.17, 15) is 9.59 Å². The lowest BCUT2D eigenvalue weighted by atomic mass is 9.86. The Morgan fingerprint density at radius 3 is 2.00 bits per heavy atom. The van der Waals surface area contributed by atoms with Crippen LogP contribution in [0.1, 0.15) is 83.1 Å². The Kier molecular flexibility index (Phi) is 10.5. The molecule has 0 aliphatic heterocycles. The molecule has 0 aliphatic rings. The van der Waals surface area contributed by atoms with Crippen LogP contribution in [0.5, 0.6) is 5.75 Å². The first kappa shape index (κ1) is 30.1. The molecule has 0 aliphatic carbocycles. The summed E-state index contributed by atoms with van der Waals surface area (Å²) in [6.07, 6.45) is 2.50. The van der Waals surface area contributed by atoms with Crippen molar-refractivity contribution >= 4 is 11.8 Å². The van der Waals surface area contributed by atoms with Gasteiger partial charge in [-0.05, 0) is 101 Å². The summed E-state index contributed by atoms with van der Waals surface area (Å²) in [5.41, 5.74) is 9.51. The number of carbonyl (C=O) groups is 2. The van der Waals surface area contributed by atoms with Crippen molar-refractivity contribution in [2.24, 2.45) is 11.8 Å². The lowest BCUT2D eigenvalue weighted by molar-refractivity contribution is -0.137. The number of benzene rings is 3. The first-order valence-electron chi connectivity index (χ1n) is 14.2. The zero-order valence-electron chi connectivity index (χ0n) is 24.6. The molecule has 0 amide bonds. The third kappa shape index (κ3) is 8.54. The third-order valence-corrected chi connectivity index (χ3v) is 6.84. The molecule has 3 aromatic rings. The second-order valence-electron chi connectivity index (χ2n) is 11.9. The number of aryl methyl sites for hydroxylation is 1. The fraction of sp³-hybridized carbons (Fsp3) is 0.429. The van der Waals surface area contributed by atoms with E-state index in [2.05, 4.69) is 90.1 Å². The highest BCUT2D eigenvalue weighted by atomic mass is 16.5. The molecule has 0 bridgehead atoms. The van der Waals surface area contributed by atoms with Crippen molar-refractivity contribution in [2.45, 2.75) is 80.1 Å². The van der Waals surface area contributed by atoms with Gasteiger partial charge in [0, 0.05) is 6.42 Å². The van der Waals surface area contributed by atoms with E-state index >= 15 is 0 Å². The SMILES string of the molecule is CC(=O)COc1ccc(-c2ccc(-c3ccc(CCC(=O)O)cc3CC(C)C)cc2C(C)C)cc1CC(C)C. The number of aliphatic carboxylic acids is 1. The predicted molar refractivity (Wildman–Crippen MR) is 161 cm³/mol. The number of ether oxygens (including phenoxy) is 1. The standard InChI is InChI=1S/C35H44O4/c1-22(2)16-29-18-26(9-15-35(37)38)8-12-31(29)28-10-13-32(33(20-28)24(5)6)27-11-14-34(39-21-25(7)36)30(19-27)17-23(3)4/h8,10-14,18-20,22-24H,9,15-17,21H2,1-7H3,(H,37,38). The van der Waals surface area contributed by atoms with Crippen LogP contribution < -0.4 is 4.74 Å². The van der Waals surface area contributed by atoms with E-state index in [1.54, 1.807) is 6.92 Å². The second-order valence-corrected chi connectivity index (χ2v) is 11.9. The van der Waals surface area contributed by atoms with E-state index in [4.69, 9.17) is 9.84 Å². The molecular weight excluding hydrogens is 484 g/mol. The molecule has 0 saturated carbocycles. The molecule has 208 valence electrons. The molecule has 1 N–H and O–H groups in total. The second kappa shape index (κ2) is 13.6. The predicted octanol–water partition coefficient (Wildman–Crippen LogP) is 8.53. The minimum atomic E-state index is -0.767. The average Bonchev–Trinajstić information content (AvgIpc) is 2.85. The van der Waals surface area contributed by atoms with Crippen LogP contribution in [0.3, 0.4) is 0 Å². The summed E-state index contributed by atoms with van der Waals surface area (Å²) in [5, 5.41) is 9.13. The van der Waals surface area contributed by atoms with E-state index in [1.807, 2.05) is 6.07 Å². The lowest BCUT2D eigenvalue weighted by Gasteiger charge is -2.20. The Bertz CT molecular complexity index is 1300. The van der Waals surface area contributed by atoms with Crippen LogP contribution in [0, 0.1) is 11.8 Å². The number of carbonyl (C=O) groups excluding carboxylic acids is 1. The topological polar surface area (TPSA) is 63.6 Å². The molecule has 0 heterocycles. The number of rotatable bonds is 13. The first-order chi connectivity index (χ1) is 18.4. The smallest absolute Gasteiger partial charge is 0.303 e. The van der Waals surface area contributed by atoms with Gasteiger partial charge in [0.15, 0.2) is 5.78 Å². The highest BCUT2D eigenvalue weighted by Crippen LogP contribution is 2.37. The average molecular weight is 529 g/mol. The quantitative estimate of drug-likeness (QED) is 0.241. The number of ketones is 1. The van der Waals surface area contributed by atoms with Gasteiger partial charge < -0.3 is 9.84 Å². The fourth-order valence-electron chi connectivity index (χ4n) is 5.08. The summed E-state index contributed by atoms with van der Waals surface area (Å²) in [4.78, 5) is 22.6. The Morgan fingerprint density at radius 2 is 1.38 bits per heavy atom. The number of hydrogen-bond acceptors (Lipinski definition) is 3. The van der Waals surface area contributed by atoms with Crippen molar-refractivity contribution in [3.63, 3.8) is 0 Å². The van der Waals surface area contributed by atoms with Gasteiger partial charge in [0.05, 0.1) is 0 Å². The van der Waals surface area contributed by atoms with E-state index in [0.29, 0.717) is 24.2 Å². The van der Waals surface area contributed by atoms with Crippen LogP contribution in [0.25, 0.3) is 22.3 Å². The highest BCUT2D eigenvalue weighted by Gasteiger charge is 2.16. The van der Waals surface area contributed by atoms with Gasteiger partial charge in [-0.25, -0.2) is 0 Å². The molecule has 0 atom stereocenters. The molecule has 3 rings (SSSR count). The number of carboxylic acids is 1. The summed E-state index contributed by atoms with van der Waals surface area (Å²) in [5.74, 6) is 1.31. The van der Waals surface area contributed by atoms with Crippen LogP contribution in [0.15, 0.2) is 54.6 Å². The monoisotopic (exact) mass is 528 g/mol. The fourth-order valence-corrected chi connectivity index (χ4v) is 5.08. The molecule has 0 unspecified atom stereocenters. The van der Waals surface area contributed by atoms with Crippen molar-refractivity contribution < 1.29 is 19.4 Å². The van der Waals surface area contributed by atoms with E-state index in [0.717, 1.165) is 35.3 Å². The van der Waals surface area contributed by atoms with Gasteiger partial charge in [0.1, 0.15) is 12.4 Å². The van der Waals surface area contributed by atoms with Gasteiger partial charge in [-0.2, -0.15) is 0 Å². The minimum absolute atomic E-state index is 0.0130. The maximum Gasteiger partial charge on any atom is 0.303 e. The summed E-state index contributed by atoms with van der Waals surface area (Å²) >= 11 is 0. The van der Waals surface area contributed by atoms with Crippen molar-refractivity contribution in [1.29, 1.82) is 0 Å². The molecule has 0 aromatic heterocycles. The molecule has 0 radical (unpaired) electrons. The molecule has 3 aromatic carbocycles. The van der Waals surface area contributed by atoms with Gasteiger partial charge in [0.25, 0.3) is 0 Å². The number of carboxylic acid groups (broad SMARTS) is 1. The molecule has 4 heteroatoms. The van der Waals surface area contributed by atoms with Crippen molar-refractivity contribution in [1.82, 2.24) is 0 Å². The Hall–Kier alpha value is -3.40. The number of hydrogen-bond donors (Lipinski definition) is 1. The van der Waals surface area contributed by atoms with Gasteiger partial charge in [0.2, 0.25) is 0 Å². The van der Waals surface area contributed by atoms with Crippen LogP contribution in [-0.4, -0.2) is 23.5 Å². The Balaban J connectivity index is 2.06. The summed E-state index contributed by atoms with van der Waals surface area (Å²) in [7, 11) is 0. The number of Topliss-reactive ketones (excluding diaryl/α,β-unsaturated/α-hetero) is 1. The van der Waals surface area contributed by atoms with Crippen molar-refractivity contribution in [2.75, 3.05) is 6.61 Å². The van der Waals surface area contributed by atoms with Crippen LogP contribution >= 0.6 is 0 Å². The van der Waals surface area contributed by atoms with E-state index in [-0.39, 0.29) is 18.8 Å². The summed E-state index contributed by atoms with van der Waals surface area (Å²) < 4.78 is 5.85. The largest absolute Gasteiger partial charge is 0.486 e. The lowest BCUT2D eigenvalue weighted by Crippen LogP contribution is -2.09. The first-order valence-corrected chi connectivity index (χ1v) is 14.2. The van der Waals surface area contributed by atoms with E-state index < -0.39 is 5.97 Å². The van der Waals surface area contributed by atoms with Crippen molar-refractivity contribution in [3.8, 4) is 28.0 Å². The zero-order valence-corrected chi connectivity index (χ0v) is 24.6. The van der Waals surface area contributed by atoms with Gasteiger partial charge in [-0.1, -0.05) is 84.0 Å². The maximum atomic E-state index is 11.5. The van der Waals surface area contributed by atoms with Gasteiger partial charge in [-0.15, -0.1) is 0 Å². The molecule has 0 spiro atoms. The van der Waals surface area contributed by atoms with E-state index in [1.165, 1.54) is 27.8 Å². The summed E-state index contributed by atoms with van der Waals surface area (Å²) in [6.45, 7) is 14.9. The molecule has 39 heavy (non-hydrogen) atoms. The molecule has 4 nitrogen and oxygen atoms in total. The van der Waals surface area contributed by atoms with Crippen LogP contribution in [0.4, 0.5) is 0 Å². The normalized spacial score (nSPS) is 11.4. The van der Waals surface area contributed by atoms with Crippen LogP contribution in [0.2, 0.25) is 0 Å². The highest BCUT2D eigenvalue weighted by molar-refractivity contribution is 5.78. The maximum absolute atomic E-state index is 11.5. The molecule has 0 saturated heterocycles.